The molecule has 0 saturated carbocycles. The molecule has 2 N–H and O–H groups in total. The summed E-state index contributed by atoms with van der Waals surface area (Å²) in [6.45, 7) is 7.48. The van der Waals surface area contributed by atoms with Crippen LogP contribution in [0.5, 0.6) is 0 Å². The number of hydrogen-bond donors (Lipinski definition) is 2. The van der Waals surface area contributed by atoms with E-state index in [1.807, 2.05) is 20.8 Å². The zero-order valence-electron chi connectivity index (χ0n) is 14.7. The molecule has 1 atom stereocenters. The predicted octanol–water partition coefficient (Wildman–Crippen LogP) is 2.09. The normalized spacial score (nSPS) is 13.0. The van der Waals surface area contributed by atoms with E-state index < -0.39 is 22.0 Å². The van der Waals surface area contributed by atoms with Gasteiger partial charge in [-0.05, 0) is 31.9 Å². The molecule has 0 spiro atoms. The van der Waals surface area contributed by atoms with Gasteiger partial charge in [0.05, 0.1) is 23.2 Å². The second kappa shape index (κ2) is 7.79. The number of amides is 1. The summed E-state index contributed by atoms with van der Waals surface area (Å²) in [5.74, 6) is 0.303. The summed E-state index contributed by atoms with van der Waals surface area (Å²) in [6, 6.07) is 7.27. The maximum absolute atomic E-state index is 12.3. The molecule has 0 aliphatic heterocycles. The standard InChI is InChI=1S/C17H23N3O4S/c1-11(2)16-9-14(24-19-16)10-18-17(21)13(4)20-25(22,23)15-7-5-12(3)6-8-15/h5-9,11,13,20H,10H2,1-4H3,(H,18,21)/t13-/m0/s1. The molecular formula is C17H23N3O4S. The van der Waals surface area contributed by atoms with Crippen LogP contribution in [-0.4, -0.2) is 25.5 Å². The van der Waals surface area contributed by atoms with Gasteiger partial charge in [0.15, 0.2) is 5.76 Å². The van der Waals surface area contributed by atoms with Gasteiger partial charge >= 0.3 is 0 Å². The first-order valence-electron chi connectivity index (χ1n) is 8.01. The van der Waals surface area contributed by atoms with Crippen LogP contribution in [0.15, 0.2) is 39.8 Å². The molecule has 0 saturated heterocycles. The fraction of sp³-hybridized carbons (Fsp3) is 0.412. The summed E-state index contributed by atoms with van der Waals surface area (Å²) in [5, 5.41) is 6.54. The van der Waals surface area contributed by atoms with Crippen LogP contribution in [0.4, 0.5) is 0 Å². The maximum Gasteiger partial charge on any atom is 0.241 e. The zero-order chi connectivity index (χ0) is 18.6. The van der Waals surface area contributed by atoms with E-state index >= 15 is 0 Å². The van der Waals surface area contributed by atoms with E-state index in [4.69, 9.17) is 4.52 Å². The Morgan fingerprint density at radius 3 is 2.40 bits per heavy atom. The van der Waals surface area contributed by atoms with E-state index in [9.17, 15) is 13.2 Å². The average molecular weight is 365 g/mol. The van der Waals surface area contributed by atoms with Crippen LogP contribution in [-0.2, 0) is 21.4 Å². The van der Waals surface area contributed by atoms with Gasteiger partial charge in [0.25, 0.3) is 0 Å². The molecule has 7 nitrogen and oxygen atoms in total. The molecule has 0 aliphatic rings. The van der Waals surface area contributed by atoms with Crippen molar-refractivity contribution < 1.29 is 17.7 Å². The molecule has 0 radical (unpaired) electrons. The Balaban J connectivity index is 1.93. The number of nitrogens with one attached hydrogen (secondary N) is 2. The van der Waals surface area contributed by atoms with Crippen LogP contribution in [0.3, 0.4) is 0 Å². The van der Waals surface area contributed by atoms with Crippen LogP contribution < -0.4 is 10.0 Å². The number of sulfonamides is 1. The summed E-state index contributed by atoms with van der Waals surface area (Å²) >= 11 is 0. The predicted molar refractivity (Wildman–Crippen MR) is 93.4 cm³/mol. The summed E-state index contributed by atoms with van der Waals surface area (Å²) in [4.78, 5) is 12.2. The minimum atomic E-state index is -3.76. The average Bonchev–Trinajstić information content (AvgIpc) is 3.01. The molecule has 136 valence electrons. The molecule has 0 bridgehead atoms. The highest BCUT2D eigenvalue weighted by Crippen LogP contribution is 2.14. The third-order valence-corrected chi connectivity index (χ3v) is 5.22. The van der Waals surface area contributed by atoms with Gasteiger partial charge < -0.3 is 9.84 Å². The number of carbonyl (C=O) groups is 1. The topological polar surface area (TPSA) is 101 Å². The molecule has 2 rings (SSSR count). The van der Waals surface area contributed by atoms with Crippen molar-refractivity contribution in [2.45, 2.75) is 51.1 Å². The minimum absolute atomic E-state index is 0.120. The number of aromatic nitrogens is 1. The lowest BCUT2D eigenvalue weighted by Crippen LogP contribution is -2.44. The Morgan fingerprint density at radius 1 is 1.20 bits per heavy atom. The summed E-state index contributed by atoms with van der Waals surface area (Å²) in [5.41, 5.74) is 1.76. The third kappa shape index (κ3) is 5.14. The lowest BCUT2D eigenvalue weighted by Gasteiger charge is -2.14. The second-order valence-corrected chi connectivity index (χ2v) is 7.96. The first-order valence-corrected chi connectivity index (χ1v) is 9.49. The summed E-state index contributed by atoms with van der Waals surface area (Å²) < 4.78 is 32.1. The van der Waals surface area contributed by atoms with Crippen LogP contribution >= 0.6 is 0 Å². The van der Waals surface area contributed by atoms with Crippen LogP contribution in [0.1, 0.15) is 43.7 Å². The van der Waals surface area contributed by atoms with Crippen molar-refractivity contribution in [2.24, 2.45) is 0 Å². The first kappa shape index (κ1) is 19.1. The maximum atomic E-state index is 12.3. The van der Waals surface area contributed by atoms with Crippen molar-refractivity contribution in [3.63, 3.8) is 0 Å². The number of nitrogens with zero attached hydrogens (tertiary/aromatic N) is 1. The van der Waals surface area contributed by atoms with Crippen molar-refractivity contribution in [1.29, 1.82) is 0 Å². The Bertz CT molecular complexity index is 826. The van der Waals surface area contributed by atoms with Gasteiger partial charge in [0, 0.05) is 6.07 Å². The van der Waals surface area contributed by atoms with E-state index in [0.717, 1.165) is 11.3 Å². The molecule has 25 heavy (non-hydrogen) atoms. The Kier molecular flexibility index (Phi) is 5.97. The zero-order valence-corrected chi connectivity index (χ0v) is 15.6. The van der Waals surface area contributed by atoms with Gasteiger partial charge in [-0.1, -0.05) is 36.7 Å². The van der Waals surface area contributed by atoms with E-state index in [2.05, 4.69) is 15.2 Å². The highest BCUT2D eigenvalue weighted by Gasteiger charge is 2.22. The highest BCUT2D eigenvalue weighted by atomic mass is 32.2. The lowest BCUT2D eigenvalue weighted by molar-refractivity contribution is -0.122. The summed E-state index contributed by atoms with van der Waals surface area (Å²) in [6.07, 6.45) is 0. The van der Waals surface area contributed by atoms with E-state index in [1.54, 1.807) is 18.2 Å². The molecule has 0 unspecified atom stereocenters. The Hall–Kier alpha value is -2.19. The van der Waals surface area contributed by atoms with Crippen molar-refractivity contribution in [3.05, 3.63) is 47.3 Å². The lowest BCUT2D eigenvalue weighted by atomic mass is 10.1. The molecular weight excluding hydrogens is 342 g/mol. The number of aryl methyl sites for hydroxylation is 1. The smallest absolute Gasteiger partial charge is 0.241 e. The van der Waals surface area contributed by atoms with Crippen molar-refractivity contribution in [1.82, 2.24) is 15.2 Å². The molecule has 2 aromatic rings. The molecule has 1 aromatic carbocycles. The minimum Gasteiger partial charge on any atom is -0.359 e. The van der Waals surface area contributed by atoms with Crippen LogP contribution in [0.2, 0.25) is 0 Å². The number of benzene rings is 1. The Morgan fingerprint density at radius 2 is 1.84 bits per heavy atom. The third-order valence-electron chi connectivity index (χ3n) is 3.66. The van der Waals surface area contributed by atoms with Crippen molar-refractivity contribution >= 4 is 15.9 Å². The van der Waals surface area contributed by atoms with Gasteiger partial charge in [-0.15, -0.1) is 0 Å². The van der Waals surface area contributed by atoms with E-state index in [-0.39, 0.29) is 17.4 Å². The van der Waals surface area contributed by atoms with Crippen LogP contribution in [0, 0.1) is 6.92 Å². The fourth-order valence-electron chi connectivity index (χ4n) is 2.08. The number of hydrogen-bond acceptors (Lipinski definition) is 5. The van der Waals surface area contributed by atoms with Gasteiger partial charge in [-0.3, -0.25) is 4.79 Å². The van der Waals surface area contributed by atoms with E-state index in [0.29, 0.717) is 5.76 Å². The molecule has 1 amide bonds. The SMILES string of the molecule is Cc1ccc(S(=O)(=O)N[C@@H](C)C(=O)NCc2cc(C(C)C)no2)cc1. The molecule has 1 heterocycles. The van der Waals surface area contributed by atoms with Crippen molar-refractivity contribution in [2.75, 3.05) is 0 Å². The number of carbonyl (C=O) groups excluding carboxylic acids is 1. The first-order chi connectivity index (χ1) is 11.7. The molecule has 0 aliphatic carbocycles. The molecule has 0 fully saturated rings. The van der Waals surface area contributed by atoms with Crippen LogP contribution in [0.25, 0.3) is 0 Å². The second-order valence-electron chi connectivity index (χ2n) is 6.25. The van der Waals surface area contributed by atoms with Gasteiger partial charge in [0.1, 0.15) is 0 Å². The fourth-order valence-corrected chi connectivity index (χ4v) is 3.29. The monoisotopic (exact) mass is 365 g/mol. The van der Waals surface area contributed by atoms with Crippen molar-refractivity contribution in [3.8, 4) is 0 Å². The van der Waals surface area contributed by atoms with E-state index in [1.165, 1.54) is 19.1 Å². The Labute approximate surface area is 147 Å². The molecule has 1 aromatic heterocycles. The molecule has 8 heteroatoms. The quantitative estimate of drug-likeness (QED) is 0.782. The number of rotatable bonds is 7. The van der Waals surface area contributed by atoms with Gasteiger partial charge in [-0.2, -0.15) is 4.72 Å². The summed E-state index contributed by atoms with van der Waals surface area (Å²) in [7, 11) is -3.76. The van der Waals surface area contributed by atoms with Gasteiger partial charge in [0.2, 0.25) is 15.9 Å². The largest absolute Gasteiger partial charge is 0.359 e. The highest BCUT2D eigenvalue weighted by molar-refractivity contribution is 7.89. The van der Waals surface area contributed by atoms with Gasteiger partial charge in [-0.25, -0.2) is 8.42 Å².